The van der Waals surface area contributed by atoms with Crippen LogP contribution in [-0.4, -0.2) is 19.0 Å². The van der Waals surface area contributed by atoms with Crippen LogP contribution < -0.4 is 16.4 Å². The summed E-state index contributed by atoms with van der Waals surface area (Å²) in [6.45, 7) is 5.41. The number of hydrogen-bond acceptors (Lipinski definition) is 3. The molecule has 94 valence electrons. The van der Waals surface area contributed by atoms with Crippen LogP contribution in [-0.2, 0) is 4.79 Å². The van der Waals surface area contributed by atoms with E-state index in [0.717, 1.165) is 24.3 Å². The number of carbonyl (C=O) groups is 1. The SMILES string of the molecule is CCCN(CC(C)C(N)=O)c1ccccc1N. The van der Waals surface area contributed by atoms with Gasteiger partial charge < -0.3 is 16.4 Å². The first-order valence-corrected chi connectivity index (χ1v) is 5.95. The molecule has 0 aliphatic carbocycles. The van der Waals surface area contributed by atoms with E-state index in [1.165, 1.54) is 0 Å². The van der Waals surface area contributed by atoms with Gasteiger partial charge in [-0.2, -0.15) is 0 Å². The van der Waals surface area contributed by atoms with Crippen molar-refractivity contribution in [2.75, 3.05) is 23.7 Å². The fourth-order valence-corrected chi connectivity index (χ4v) is 1.78. The highest BCUT2D eigenvalue weighted by molar-refractivity contribution is 5.77. The maximum atomic E-state index is 11.1. The molecule has 0 radical (unpaired) electrons. The third kappa shape index (κ3) is 3.66. The monoisotopic (exact) mass is 235 g/mol. The van der Waals surface area contributed by atoms with E-state index < -0.39 is 0 Å². The van der Waals surface area contributed by atoms with Gasteiger partial charge >= 0.3 is 0 Å². The van der Waals surface area contributed by atoms with Gasteiger partial charge in [-0.3, -0.25) is 4.79 Å². The summed E-state index contributed by atoms with van der Waals surface area (Å²) in [7, 11) is 0. The third-order valence-electron chi connectivity index (χ3n) is 2.75. The average molecular weight is 235 g/mol. The van der Waals surface area contributed by atoms with Gasteiger partial charge in [-0.05, 0) is 18.6 Å². The van der Waals surface area contributed by atoms with E-state index in [1.54, 1.807) is 0 Å². The molecular formula is C13H21N3O. The van der Waals surface area contributed by atoms with Crippen molar-refractivity contribution in [1.82, 2.24) is 0 Å². The summed E-state index contributed by atoms with van der Waals surface area (Å²) in [5, 5.41) is 0. The summed E-state index contributed by atoms with van der Waals surface area (Å²) in [4.78, 5) is 13.2. The van der Waals surface area contributed by atoms with Crippen molar-refractivity contribution in [3.05, 3.63) is 24.3 Å². The summed E-state index contributed by atoms with van der Waals surface area (Å²) in [6.07, 6.45) is 1.000. The highest BCUT2D eigenvalue weighted by atomic mass is 16.1. The first kappa shape index (κ1) is 13.4. The maximum Gasteiger partial charge on any atom is 0.222 e. The van der Waals surface area contributed by atoms with Gasteiger partial charge in [0.2, 0.25) is 5.91 Å². The largest absolute Gasteiger partial charge is 0.397 e. The molecule has 4 nitrogen and oxygen atoms in total. The lowest BCUT2D eigenvalue weighted by atomic mass is 10.1. The molecule has 0 heterocycles. The molecule has 0 saturated carbocycles. The number of para-hydroxylation sites is 2. The Balaban J connectivity index is 2.86. The Labute approximate surface area is 103 Å². The van der Waals surface area contributed by atoms with Gasteiger partial charge in [-0.1, -0.05) is 26.0 Å². The van der Waals surface area contributed by atoms with Crippen molar-refractivity contribution >= 4 is 17.3 Å². The average Bonchev–Trinajstić information content (AvgIpc) is 2.29. The minimum Gasteiger partial charge on any atom is -0.397 e. The Bertz CT molecular complexity index is 379. The number of primary amides is 1. The second-order valence-corrected chi connectivity index (χ2v) is 4.31. The number of carbonyl (C=O) groups excluding carboxylic acids is 1. The molecule has 0 aliphatic heterocycles. The molecule has 1 aromatic carbocycles. The standard InChI is InChI=1S/C13H21N3O/c1-3-8-16(9-10(2)13(15)17)12-7-5-4-6-11(12)14/h4-7,10H,3,8-9,14H2,1-2H3,(H2,15,17). The Morgan fingerprint density at radius 2 is 2.06 bits per heavy atom. The molecule has 0 bridgehead atoms. The minimum atomic E-state index is -0.277. The van der Waals surface area contributed by atoms with Gasteiger partial charge in [0.05, 0.1) is 17.3 Å². The fourth-order valence-electron chi connectivity index (χ4n) is 1.78. The van der Waals surface area contributed by atoms with Crippen LogP contribution in [0.2, 0.25) is 0 Å². The summed E-state index contributed by atoms with van der Waals surface area (Å²) in [5.41, 5.74) is 13.0. The number of anilines is 2. The topological polar surface area (TPSA) is 72.3 Å². The van der Waals surface area contributed by atoms with Crippen LogP contribution >= 0.6 is 0 Å². The van der Waals surface area contributed by atoms with Gasteiger partial charge in [0, 0.05) is 13.1 Å². The quantitative estimate of drug-likeness (QED) is 0.736. The Hall–Kier alpha value is -1.71. The van der Waals surface area contributed by atoms with Crippen molar-refractivity contribution in [1.29, 1.82) is 0 Å². The van der Waals surface area contributed by atoms with E-state index in [1.807, 2.05) is 31.2 Å². The van der Waals surface area contributed by atoms with Crippen LogP contribution in [0.3, 0.4) is 0 Å². The fraction of sp³-hybridized carbons (Fsp3) is 0.462. The molecule has 0 aliphatic rings. The number of amides is 1. The van der Waals surface area contributed by atoms with Gasteiger partial charge in [-0.25, -0.2) is 0 Å². The number of rotatable bonds is 6. The molecule has 4 heteroatoms. The predicted octanol–water partition coefficient (Wildman–Crippen LogP) is 1.61. The van der Waals surface area contributed by atoms with E-state index in [2.05, 4.69) is 11.8 Å². The maximum absolute atomic E-state index is 11.1. The molecule has 1 aromatic rings. The summed E-state index contributed by atoms with van der Waals surface area (Å²) >= 11 is 0. The first-order valence-electron chi connectivity index (χ1n) is 5.95. The molecule has 0 spiro atoms. The zero-order chi connectivity index (χ0) is 12.8. The highest BCUT2D eigenvalue weighted by Crippen LogP contribution is 2.23. The molecule has 0 aromatic heterocycles. The lowest BCUT2D eigenvalue weighted by Gasteiger charge is -2.27. The van der Waals surface area contributed by atoms with Gasteiger partial charge in [0.25, 0.3) is 0 Å². The predicted molar refractivity (Wildman–Crippen MR) is 71.7 cm³/mol. The second-order valence-electron chi connectivity index (χ2n) is 4.31. The zero-order valence-corrected chi connectivity index (χ0v) is 10.5. The van der Waals surface area contributed by atoms with E-state index in [0.29, 0.717) is 6.54 Å². The molecule has 17 heavy (non-hydrogen) atoms. The smallest absolute Gasteiger partial charge is 0.222 e. The van der Waals surface area contributed by atoms with Gasteiger partial charge in [-0.15, -0.1) is 0 Å². The molecule has 1 amide bonds. The minimum absolute atomic E-state index is 0.179. The molecule has 1 unspecified atom stereocenters. The van der Waals surface area contributed by atoms with Gasteiger partial charge in [0.15, 0.2) is 0 Å². The van der Waals surface area contributed by atoms with Crippen molar-refractivity contribution in [2.45, 2.75) is 20.3 Å². The van der Waals surface area contributed by atoms with Gasteiger partial charge in [0.1, 0.15) is 0 Å². The lowest BCUT2D eigenvalue weighted by Crippen LogP contribution is -2.35. The molecule has 1 atom stereocenters. The van der Waals surface area contributed by atoms with E-state index in [4.69, 9.17) is 11.5 Å². The van der Waals surface area contributed by atoms with E-state index in [-0.39, 0.29) is 11.8 Å². The number of nitrogens with two attached hydrogens (primary N) is 2. The molecular weight excluding hydrogens is 214 g/mol. The van der Waals surface area contributed by atoms with Crippen molar-refractivity contribution in [3.8, 4) is 0 Å². The lowest BCUT2D eigenvalue weighted by molar-refractivity contribution is -0.121. The van der Waals surface area contributed by atoms with Crippen LogP contribution in [0.15, 0.2) is 24.3 Å². The van der Waals surface area contributed by atoms with Crippen molar-refractivity contribution in [2.24, 2.45) is 11.7 Å². The van der Waals surface area contributed by atoms with Crippen LogP contribution in [0.5, 0.6) is 0 Å². The molecule has 0 saturated heterocycles. The summed E-state index contributed by atoms with van der Waals surface area (Å²) in [5.74, 6) is -0.457. The molecule has 0 fully saturated rings. The summed E-state index contributed by atoms with van der Waals surface area (Å²) < 4.78 is 0. The second kappa shape index (κ2) is 6.13. The van der Waals surface area contributed by atoms with Crippen molar-refractivity contribution < 1.29 is 4.79 Å². The zero-order valence-electron chi connectivity index (χ0n) is 10.5. The van der Waals surface area contributed by atoms with Crippen LogP contribution in [0.25, 0.3) is 0 Å². The molecule has 1 rings (SSSR count). The number of benzene rings is 1. The van der Waals surface area contributed by atoms with Crippen LogP contribution in [0, 0.1) is 5.92 Å². The Morgan fingerprint density at radius 1 is 1.41 bits per heavy atom. The highest BCUT2D eigenvalue weighted by Gasteiger charge is 2.15. The number of nitrogens with zero attached hydrogens (tertiary/aromatic N) is 1. The van der Waals surface area contributed by atoms with E-state index >= 15 is 0 Å². The van der Waals surface area contributed by atoms with E-state index in [9.17, 15) is 4.79 Å². The Kier molecular flexibility index (Phi) is 4.82. The molecule has 4 N–H and O–H groups in total. The normalized spacial score (nSPS) is 12.1. The van der Waals surface area contributed by atoms with Crippen molar-refractivity contribution in [3.63, 3.8) is 0 Å². The van der Waals surface area contributed by atoms with Crippen LogP contribution in [0.1, 0.15) is 20.3 Å². The first-order chi connectivity index (χ1) is 8.06. The van der Waals surface area contributed by atoms with Crippen LogP contribution in [0.4, 0.5) is 11.4 Å². The number of hydrogen-bond donors (Lipinski definition) is 2. The summed E-state index contributed by atoms with van der Waals surface area (Å²) in [6, 6.07) is 7.69. The third-order valence-corrected chi connectivity index (χ3v) is 2.75. The number of nitrogen functional groups attached to an aromatic ring is 1. The Morgan fingerprint density at radius 3 is 2.59 bits per heavy atom.